The van der Waals surface area contributed by atoms with Gasteiger partial charge in [0.05, 0.1) is 13.3 Å². The van der Waals surface area contributed by atoms with E-state index in [0.717, 1.165) is 6.20 Å². The van der Waals surface area contributed by atoms with Gasteiger partial charge in [-0.2, -0.15) is 0 Å². The normalized spacial score (nSPS) is 10.4. The third-order valence-corrected chi connectivity index (χ3v) is 1.94. The number of carbonyl (C=O) groups excluding carboxylic acids is 1. The molecule has 0 spiro atoms. The summed E-state index contributed by atoms with van der Waals surface area (Å²) in [6.45, 7) is 3.73. The molecule has 1 aromatic heterocycles. The molecule has 0 fully saturated rings. The molecule has 0 bridgehead atoms. The molecule has 76 valence electrons. The second-order valence-corrected chi connectivity index (χ2v) is 3.23. The molecule has 0 saturated heterocycles. The molecule has 3 nitrogen and oxygen atoms in total. The van der Waals surface area contributed by atoms with Gasteiger partial charge in [0, 0.05) is 6.20 Å². The van der Waals surface area contributed by atoms with Crippen molar-refractivity contribution in [1.29, 1.82) is 0 Å². The van der Waals surface area contributed by atoms with Gasteiger partial charge in [-0.05, 0) is 11.5 Å². The molecule has 0 atom stereocenters. The number of hydrogen-bond acceptors (Lipinski definition) is 3. The third kappa shape index (κ3) is 1.89. The minimum Gasteiger partial charge on any atom is -0.465 e. The number of nitrogens with zero attached hydrogens (tertiary/aromatic N) is 1. The summed E-state index contributed by atoms with van der Waals surface area (Å²) in [6.07, 6.45) is 2.50. The maximum atomic E-state index is 13.3. The van der Waals surface area contributed by atoms with E-state index in [1.54, 1.807) is 0 Å². The second kappa shape index (κ2) is 4.17. The Morgan fingerprint density at radius 2 is 2.14 bits per heavy atom. The first-order valence-corrected chi connectivity index (χ1v) is 4.29. The maximum Gasteiger partial charge on any atom is 0.341 e. The average molecular weight is 197 g/mol. The van der Waals surface area contributed by atoms with E-state index in [9.17, 15) is 9.18 Å². The molecule has 1 aromatic rings. The Morgan fingerprint density at radius 3 is 2.64 bits per heavy atom. The molecular formula is C10H12FNO2. The number of methoxy groups -OCH3 is 1. The van der Waals surface area contributed by atoms with Gasteiger partial charge < -0.3 is 4.74 Å². The van der Waals surface area contributed by atoms with E-state index in [2.05, 4.69) is 9.72 Å². The summed E-state index contributed by atoms with van der Waals surface area (Å²) in [7, 11) is 1.23. The molecule has 14 heavy (non-hydrogen) atoms. The summed E-state index contributed by atoms with van der Waals surface area (Å²) in [4.78, 5) is 15.0. The van der Waals surface area contributed by atoms with Crippen LogP contribution in [0.4, 0.5) is 4.39 Å². The topological polar surface area (TPSA) is 39.2 Å². The first-order valence-electron chi connectivity index (χ1n) is 4.29. The van der Waals surface area contributed by atoms with Crippen molar-refractivity contribution < 1.29 is 13.9 Å². The number of esters is 1. The van der Waals surface area contributed by atoms with E-state index in [4.69, 9.17) is 0 Å². The van der Waals surface area contributed by atoms with E-state index in [0.29, 0.717) is 5.56 Å². The summed E-state index contributed by atoms with van der Waals surface area (Å²) in [5.74, 6) is -1.26. The van der Waals surface area contributed by atoms with Crippen LogP contribution in [0, 0.1) is 5.82 Å². The Bertz CT molecular complexity index is 350. The van der Waals surface area contributed by atoms with Crippen molar-refractivity contribution in [3.05, 3.63) is 29.3 Å². The Hall–Kier alpha value is -1.45. The van der Waals surface area contributed by atoms with Crippen molar-refractivity contribution in [3.63, 3.8) is 0 Å². The number of rotatable bonds is 2. The lowest BCUT2D eigenvalue weighted by Crippen LogP contribution is -2.10. The fourth-order valence-electron chi connectivity index (χ4n) is 1.21. The van der Waals surface area contributed by atoms with Crippen LogP contribution in [0.2, 0.25) is 0 Å². The molecule has 0 aromatic carbocycles. The number of ether oxygens (including phenoxy) is 1. The Morgan fingerprint density at radius 1 is 1.50 bits per heavy atom. The lowest BCUT2D eigenvalue weighted by atomic mass is 9.99. The number of aromatic nitrogens is 1. The van der Waals surface area contributed by atoms with E-state index in [1.807, 2.05) is 13.8 Å². The van der Waals surface area contributed by atoms with Gasteiger partial charge in [0.1, 0.15) is 5.56 Å². The summed E-state index contributed by atoms with van der Waals surface area (Å²) in [5.41, 5.74) is 0.550. The van der Waals surface area contributed by atoms with Crippen molar-refractivity contribution in [1.82, 2.24) is 4.98 Å². The molecule has 1 rings (SSSR count). The molecule has 0 aliphatic heterocycles. The van der Waals surface area contributed by atoms with E-state index in [1.165, 1.54) is 13.3 Å². The zero-order valence-electron chi connectivity index (χ0n) is 8.37. The van der Waals surface area contributed by atoms with Gasteiger partial charge in [0.2, 0.25) is 0 Å². The van der Waals surface area contributed by atoms with Crippen LogP contribution in [0.25, 0.3) is 0 Å². The molecule has 0 unspecified atom stereocenters. The largest absolute Gasteiger partial charge is 0.465 e. The lowest BCUT2D eigenvalue weighted by Gasteiger charge is -2.10. The quantitative estimate of drug-likeness (QED) is 0.682. The summed E-state index contributed by atoms with van der Waals surface area (Å²) < 4.78 is 17.8. The number of pyridine rings is 1. The molecule has 0 aliphatic carbocycles. The van der Waals surface area contributed by atoms with Crippen molar-refractivity contribution in [2.75, 3.05) is 7.11 Å². The van der Waals surface area contributed by atoms with Crippen molar-refractivity contribution in [3.8, 4) is 0 Å². The lowest BCUT2D eigenvalue weighted by molar-refractivity contribution is 0.0593. The molecule has 0 radical (unpaired) electrons. The third-order valence-electron chi connectivity index (χ3n) is 1.94. The van der Waals surface area contributed by atoms with Gasteiger partial charge in [0.15, 0.2) is 5.82 Å². The fourth-order valence-corrected chi connectivity index (χ4v) is 1.21. The van der Waals surface area contributed by atoms with Crippen LogP contribution in [-0.2, 0) is 4.74 Å². The monoisotopic (exact) mass is 197 g/mol. The van der Waals surface area contributed by atoms with E-state index in [-0.39, 0.29) is 11.5 Å². The van der Waals surface area contributed by atoms with Crippen LogP contribution in [0.3, 0.4) is 0 Å². The minimum atomic E-state index is -0.659. The van der Waals surface area contributed by atoms with Gasteiger partial charge >= 0.3 is 5.97 Å². The Kier molecular flexibility index (Phi) is 3.17. The van der Waals surface area contributed by atoms with Gasteiger partial charge in [-0.25, -0.2) is 9.18 Å². The first-order chi connectivity index (χ1) is 6.57. The predicted octanol–water partition coefficient (Wildman–Crippen LogP) is 2.13. The molecule has 0 aliphatic rings. The van der Waals surface area contributed by atoms with Gasteiger partial charge in [0.25, 0.3) is 0 Å². The van der Waals surface area contributed by atoms with Crippen LogP contribution in [-0.4, -0.2) is 18.1 Å². The SMILES string of the molecule is COC(=O)c1c(F)cncc1C(C)C. The Balaban J connectivity index is 3.29. The highest BCUT2D eigenvalue weighted by Crippen LogP contribution is 2.21. The van der Waals surface area contributed by atoms with E-state index < -0.39 is 11.8 Å². The average Bonchev–Trinajstić information content (AvgIpc) is 2.16. The smallest absolute Gasteiger partial charge is 0.341 e. The summed E-state index contributed by atoms with van der Waals surface area (Å²) in [6, 6.07) is 0. The van der Waals surface area contributed by atoms with Crippen LogP contribution in [0.15, 0.2) is 12.4 Å². The zero-order valence-corrected chi connectivity index (χ0v) is 8.37. The first kappa shape index (κ1) is 10.6. The number of hydrogen-bond donors (Lipinski definition) is 0. The number of halogens is 1. The van der Waals surface area contributed by atoms with Crippen molar-refractivity contribution >= 4 is 5.97 Å². The zero-order chi connectivity index (χ0) is 10.7. The standard InChI is InChI=1S/C10H12FNO2/c1-6(2)7-4-12-5-8(11)9(7)10(13)14-3/h4-6H,1-3H3. The molecule has 0 N–H and O–H groups in total. The Labute approximate surface area is 81.9 Å². The van der Waals surface area contributed by atoms with Crippen LogP contribution in [0.5, 0.6) is 0 Å². The summed E-state index contributed by atoms with van der Waals surface area (Å²) >= 11 is 0. The van der Waals surface area contributed by atoms with Gasteiger partial charge in [-0.1, -0.05) is 13.8 Å². The highest BCUT2D eigenvalue weighted by Gasteiger charge is 2.19. The maximum absolute atomic E-state index is 13.3. The van der Waals surface area contributed by atoms with Gasteiger partial charge in [-0.15, -0.1) is 0 Å². The van der Waals surface area contributed by atoms with Crippen LogP contribution >= 0.6 is 0 Å². The fraction of sp³-hybridized carbons (Fsp3) is 0.400. The minimum absolute atomic E-state index is 0.0162. The molecule has 1 heterocycles. The molecule has 0 saturated carbocycles. The van der Waals surface area contributed by atoms with Gasteiger partial charge in [-0.3, -0.25) is 4.98 Å². The predicted molar refractivity (Wildman–Crippen MR) is 49.6 cm³/mol. The van der Waals surface area contributed by atoms with Crippen molar-refractivity contribution in [2.45, 2.75) is 19.8 Å². The van der Waals surface area contributed by atoms with Crippen LogP contribution in [0.1, 0.15) is 35.7 Å². The van der Waals surface area contributed by atoms with E-state index >= 15 is 0 Å². The second-order valence-electron chi connectivity index (χ2n) is 3.23. The summed E-state index contributed by atoms with van der Waals surface area (Å²) in [5, 5.41) is 0. The highest BCUT2D eigenvalue weighted by molar-refractivity contribution is 5.91. The molecule has 4 heteroatoms. The van der Waals surface area contributed by atoms with Crippen LogP contribution < -0.4 is 0 Å². The molecule has 0 amide bonds. The number of carbonyl (C=O) groups is 1. The highest BCUT2D eigenvalue weighted by atomic mass is 19.1. The van der Waals surface area contributed by atoms with Crippen molar-refractivity contribution in [2.24, 2.45) is 0 Å². The molecular weight excluding hydrogens is 185 g/mol.